The molecular weight excluding hydrogens is 466 g/mol. The summed E-state index contributed by atoms with van der Waals surface area (Å²) in [6.07, 6.45) is 1.44. The lowest BCUT2D eigenvalue weighted by Gasteiger charge is -2.07. The van der Waals surface area contributed by atoms with E-state index in [0.29, 0.717) is 61.3 Å². The normalized spacial score (nSPS) is 10.8. The fourth-order valence-corrected chi connectivity index (χ4v) is 3.21. The van der Waals surface area contributed by atoms with E-state index in [9.17, 15) is 9.59 Å². The molecule has 0 fully saturated rings. The highest BCUT2D eigenvalue weighted by molar-refractivity contribution is 6.17. The number of ether oxygens (including phenoxy) is 5. The van der Waals surface area contributed by atoms with Gasteiger partial charge in [-0.1, -0.05) is 12.1 Å². The molecule has 36 heavy (non-hydrogen) atoms. The zero-order valence-electron chi connectivity index (χ0n) is 20.8. The zero-order valence-corrected chi connectivity index (χ0v) is 20.8. The van der Waals surface area contributed by atoms with E-state index in [4.69, 9.17) is 28.1 Å². The lowest BCUT2D eigenvalue weighted by atomic mass is 10.1. The number of oxazole rings is 1. The van der Waals surface area contributed by atoms with Crippen LogP contribution in [0.5, 0.6) is 5.75 Å². The Labute approximate surface area is 209 Å². The molecule has 3 rings (SSSR count). The van der Waals surface area contributed by atoms with E-state index in [1.165, 1.54) is 6.08 Å². The third kappa shape index (κ3) is 7.66. The van der Waals surface area contributed by atoms with Crippen molar-refractivity contribution in [2.24, 2.45) is 0 Å². The highest BCUT2D eigenvalue weighted by atomic mass is 16.6. The van der Waals surface area contributed by atoms with Crippen LogP contribution in [0.4, 0.5) is 0 Å². The van der Waals surface area contributed by atoms with Crippen LogP contribution in [0.3, 0.4) is 0 Å². The molecular formula is C27H31NO8. The fraction of sp³-hybridized carbons (Fsp3) is 0.370. The molecule has 0 N–H and O–H groups in total. The van der Waals surface area contributed by atoms with Crippen LogP contribution in [0.1, 0.15) is 26.3 Å². The first-order valence-electron chi connectivity index (χ1n) is 11.9. The monoisotopic (exact) mass is 497 g/mol. The maximum absolute atomic E-state index is 12.2. The van der Waals surface area contributed by atoms with Gasteiger partial charge in [-0.05, 0) is 56.7 Å². The fourth-order valence-electron chi connectivity index (χ4n) is 3.21. The third-order valence-corrected chi connectivity index (χ3v) is 4.89. The average molecular weight is 498 g/mol. The molecule has 0 radical (unpaired) electrons. The first-order valence-corrected chi connectivity index (χ1v) is 11.9. The van der Waals surface area contributed by atoms with Crippen molar-refractivity contribution in [3.8, 4) is 17.2 Å². The molecule has 0 spiro atoms. The Hall–Kier alpha value is -3.69. The molecule has 0 bridgehead atoms. The van der Waals surface area contributed by atoms with Gasteiger partial charge >= 0.3 is 11.9 Å². The lowest BCUT2D eigenvalue weighted by Crippen LogP contribution is -2.18. The molecule has 2 aromatic carbocycles. The van der Waals surface area contributed by atoms with E-state index in [-0.39, 0.29) is 18.8 Å². The number of carbonyl (C=O) groups excluding carboxylic acids is 2. The maximum Gasteiger partial charge on any atom is 0.345 e. The predicted octanol–water partition coefficient (Wildman–Crippen LogP) is 4.44. The molecule has 0 unspecified atom stereocenters. The molecule has 0 saturated carbocycles. The Kier molecular flexibility index (Phi) is 10.5. The second-order valence-corrected chi connectivity index (χ2v) is 7.43. The van der Waals surface area contributed by atoms with E-state index in [2.05, 4.69) is 4.98 Å². The molecule has 1 heterocycles. The van der Waals surface area contributed by atoms with Gasteiger partial charge in [-0.25, -0.2) is 14.6 Å². The van der Waals surface area contributed by atoms with Gasteiger partial charge in [-0.2, -0.15) is 0 Å². The minimum absolute atomic E-state index is 0.154. The molecule has 1 aromatic heterocycles. The summed E-state index contributed by atoms with van der Waals surface area (Å²) in [4.78, 5) is 28.9. The number of benzene rings is 2. The summed E-state index contributed by atoms with van der Waals surface area (Å²) in [5.41, 5.74) is 2.49. The van der Waals surface area contributed by atoms with Crippen molar-refractivity contribution >= 4 is 29.1 Å². The van der Waals surface area contributed by atoms with Crippen LogP contribution >= 0.6 is 0 Å². The van der Waals surface area contributed by atoms with Crippen molar-refractivity contribution in [1.82, 2.24) is 4.98 Å². The number of carbonyl (C=O) groups is 2. The zero-order chi connectivity index (χ0) is 25.8. The van der Waals surface area contributed by atoms with E-state index in [1.54, 1.807) is 44.2 Å². The molecule has 0 aliphatic rings. The Bertz CT molecular complexity index is 1150. The molecule has 0 amide bonds. The van der Waals surface area contributed by atoms with Crippen LogP contribution in [0.25, 0.3) is 28.6 Å². The van der Waals surface area contributed by atoms with E-state index in [1.807, 2.05) is 19.1 Å². The van der Waals surface area contributed by atoms with Crippen molar-refractivity contribution in [1.29, 1.82) is 0 Å². The quantitative estimate of drug-likeness (QED) is 0.105. The Balaban J connectivity index is 1.67. The van der Waals surface area contributed by atoms with Crippen molar-refractivity contribution in [2.75, 3.05) is 46.2 Å². The maximum atomic E-state index is 12.2. The van der Waals surface area contributed by atoms with Crippen LogP contribution in [0.15, 0.2) is 52.5 Å². The molecule has 0 aliphatic heterocycles. The Morgan fingerprint density at radius 2 is 1.50 bits per heavy atom. The van der Waals surface area contributed by atoms with Gasteiger partial charge in [0.25, 0.3) is 0 Å². The largest absolute Gasteiger partial charge is 0.491 e. The summed E-state index contributed by atoms with van der Waals surface area (Å²) in [6.45, 7) is 8.23. The number of hydrogen-bond donors (Lipinski definition) is 0. The lowest BCUT2D eigenvalue weighted by molar-refractivity contribution is -0.146. The first kappa shape index (κ1) is 26.9. The Morgan fingerprint density at radius 1 is 0.833 bits per heavy atom. The van der Waals surface area contributed by atoms with Gasteiger partial charge in [0, 0.05) is 18.2 Å². The average Bonchev–Trinajstić information content (AvgIpc) is 3.31. The minimum Gasteiger partial charge on any atom is -0.491 e. The molecule has 0 saturated heterocycles. The summed E-state index contributed by atoms with van der Waals surface area (Å²) >= 11 is 0. The third-order valence-electron chi connectivity index (χ3n) is 4.89. The summed E-state index contributed by atoms with van der Waals surface area (Å²) in [5.74, 6) is -0.361. The van der Waals surface area contributed by atoms with E-state index >= 15 is 0 Å². The highest BCUT2D eigenvalue weighted by Crippen LogP contribution is 2.27. The topological polar surface area (TPSA) is 106 Å². The van der Waals surface area contributed by atoms with Gasteiger partial charge in [-0.15, -0.1) is 0 Å². The summed E-state index contributed by atoms with van der Waals surface area (Å²) in [6, 6.07) is 12.5. The molecule has 3 aromatic rings. The first-order chi connectivity index (χ1) is 17.5. The number of hydrogen-bond acceptors (Lipinski definition) is 9. The minimum atomic E-state index is -0.728. The van der Waals surface area contributed by atoms with Gasteiger partial charge in [0.2, 0.25) is 5.89 Å². The van der Waals surface area contributed by atoms with Gasteiger partial charge < -0.3 is 28.1 Å². The standard InChI is InChI=1S/C27H31NO8/c1-4-31-13-14-32-15-16-35-21-11-12-23-24(18-21)36-25(28-23)20-9-7-19(8-10-20)17-22(26(29)33-5-2)27(30)34-6-3/h7-12,17-18H,4-6,13-16H2,1-3H3. The number of aromatic nitrogens is 1. The van der Waals surface area contributed by atoms with Crippen molar-refractivity contribution in [2.45, 2.75) is 20.8 Å². The number of fused-ring (bicyclic) bond motifs is 1. The van der Waals surface area contributed by atoms with Crippen LogP contribution in [-0.2, 0) is 28.5 Å². The van der Waals surface area contributed by atoms with Crippen molar-refractivity contribution in [3.05, 3.63) is 53.6 Å². The summed E-state index contributed by atoms with van der Waals surface area (Å²) in [5, 5.41) is 0. The van der Waals surface area contributed by atoms with Gasteiger partial charge in [0.1, 0.15) is 23.4 Å². The van der Waals surface area contributed by atoms with Gasteiger partial charge in [0.15, 0.2) is 5.58 Å². The van der Waals surface area contributed by atoms with Crippen LogP contribution in [0.2, 0.25) is 0 Å². The van der Waals surface area contributed by atoms with Gasteiger partial charge in [-0.3, -0.25) is 0 Å². The predicted molar refractivity (Wildman–Crippen MR) is 133 cm³/mol. The number of rotatable bonds is 14. The second kappa shape index (κ2) is 14.0. The molecule has 192 valence electrons. The highest BCUT2D eigenvalue weighted by Gasteiger charge is 2.21. The number of esters is 2. The second-order valence-electron chi connectivity index (χ2n) is 7.43. The molecule has 0 atom stereocenters. The van der Waals surface area contributed by atoms with Crippen LogP contribution in [0, 0.1) is 0 Å². The Morgan fingerprint density at radius 3 is 2.17 bits per heavy atom. The summed E-state index contributed by atoms with van der Waals surface area (Å²) in [7, 11) is 0. The van der Waals surface area contributed by atoms with E-state index in [0.717, 1.165) is 5.56 Å². The van der Waals surface area contributed by atoms with Crippen LogP contribution in [-0.4, -0.2) is 63.2 Å². The molecule has 0 aliphatic carbocycles. The van der Waals surface area contributed by atoms with E-state index < -0.39 is 11.9 Å². The number of nitrogens with zero attached hydrogens (tertiary/aromatic N) is 1. The van der Waals surface area contributed by atoms with Gasteiger partial charge in [0.05, 0.1) is 33.0 Å². The smallest absolute Gasteiger partial charge is 0.345 e. The van der Waals surface area contributed by atoms with Crippen molar-refractivity contribution < 1.29 is 37.7 Å². The SMILES string of the molecule is CCOCCOCCOc1ccc2nc(-c3ccc(C=C(C(=O)OCC)C(=O)OCC)cc3)oc2c1. The summed E-state index contributed by atoms with van der Waals surface area (Å²) < 4.78 is 32.3. The molecule has 9 nitrogen and oxygen atoms in total. The molecule has 9 heteroatoms. The van der Waals surface area contributed by atoms with Crippen molar-refractivity contribution in [3.63, 3.8) is 0 Å². The van der Waals surface area contributed by atoms with Crippen LogP contribution < -0.4 is 4.74 Å².